The summed E-state index contributed by atoms with van der Waals surface area (Å²) in [7, 11) is 0. The number of aromatic nitrogens is 2. The normalized spacial score (nSPS) is 11.0. The fourth-order valence-corrected chi connectivity index (χ4v) is 1.99. The minimum Gasteiger partial charge on any atom is -0.306 e. The van der Waals surface area contributed by atoms with Crippen molar-refractivity contribution in [2.24, 2.45) is 0 Å². The standard InChI is InChI=1S/C10H11BrN2/c1-7-5-8(2)13-4-3-9(6-11)10(13)12-7/h3-5H,6H2,1-2H3. The third-order valence-corrected chi connectivity index (χ3v) is 2.77. The van der Waals surface area contributed by atoms with Crippen molar-refractivity contribution in [3.8, 4) is 0 Å². The summed E-state index contributed by atoms with van der Waals surface area (Å²) in [6.07, 6.45) is 2.06. The molecule has 0 unspecified atom stereocenters. The molecule has 0 aliphatic carbocycles. The SMILES string of the molecule is Cc1cc(C)n2ccc(CBr)c2n1. The first-order valence-electron chi connectivity index (χ1n) is 4.22. The minimum absolute atomic E-state index is 0.861. The van der Waals surface area contributed by atoms with Crippen LogP contribution in [-0.2, 0) is 5.33 Å². The zero-order valence-electron chi connectivity index (χ0n) is 7.71. The molecule has 0 fully saturated rings. The topological polar surface area (TPSA) is 17.3 Å². The highest BCUT2D eigenvalue weighted by Gasteiger charge is 2.04. The summed E-state index contributed by atoms with van der Waals surface area (Å²) < 4.78 is 2.11. The van der Waals surface area contributed by atoms with E-state index in [9.17, 15) is 0 Å². The summed E-state index contributed by atoms with van der Waals surface area (Å²) in [6, 6.07) is 4.19. The maximum absolute atomic E-state index is 4.50. The molecule has 0 atom stereocenters. The van der Waals surface area contributed by atoms with Crippen LogP contribution in [0, 0.1) is 13.8 Å². The first kappa shape index (κ1) is 8.75. The predicted octanol–water partition coefficient (Wildman–Crippen LogP) is 2.85. The molecule has 0 saturated carbocycles. The van der Waals surface area contributed by atoms with Gasteiger partial charge in [-0.1, -0.05) is 15.9 Å². The number of hydrogen-bond donors (Lipinski definition) is 0. The van der Waals surface area contributed by atoms with E-state index >= 15 is 0 Å². The molecular weight excluding hydrogens is 228 g/mol. The van der Waals surface area contributed by atoms with E-state index in [4.69, 9.17) is 0 Å². The van der Waals surface area contributed by atoms with Crippen molar-refractivity contribution in [2.45, 2.75) is 19.2 Å². The summed E-state index contributed by atoms with van der Waals surface area (Å²) in [5.74, 6) is 0. The van der Waals surface area contributed by atoms with Crippen molar-refractivity contribution in [3.63, 3.8) is 0 Å². The maximum atomic E-state index is 4.50. The zero-order chi connectivity index (χ0) is 9.42. The summed E-state index contributed by atoms with van der Waals surface area (Å²) in [5.41, 5.74) is 4.61. The van der Waals surface area contributed by atoms with Gasteiger partial charge in [-0.2, -0.15) is 0 Å². The van der Waals surface area contributed by atoms with Gasteiger partial charge < -0.3 is 4.40 Å². The van der Waals surface area contributed by atoms with Crippen LogP contribution < -0.4 is 0 Å². The third kappa shape index (κ3) is 1.37. The van der Waals surface area contributed by atoms with Gasteiger partial charge in [-0.25, -0.2) is 4.98 Å². The van der Waals surface area contributed by atoms with E-state index < -0.39 is 0 Å². The van der Waals surface area contributed by atoms with E-state index in [1.54, 1.807) is 0 Å². The Kier molecular flexibility index (Phi) is 2.12. The summed E-state index contributed by atoms with van der Waals surface area (Å²) in [5, 5.41) is 0.861. The van der Waals surface area contributed by atoms with Crippen molar-refractivity contribution in [1.82, 2.24) is 9.38 Å². The molecule has 68 valence electrons. The molecule has 0 radical (unpaired) electrons. The highest BCUT2D eigenvalue weighted by atomic mass is 79.9. The molecule has 2 heterocycles. The van der Waals surface area contributed by atoms with Crippen LogP contribution in [0.15, 0.2) is 18.3 Å². The van der Waals surface area contributed by atoms with E-state index in [0.29, 0.717) is 0 Å². The lowest BCUT2D eigenvalue weighted by Gasteiger charge is -2.02. The van der Waals surface area contributed by atoms with Crippen LogP contribution in [0.25, 0.3) is 5.65 Å². The molecule has 0 amide bonds. The first-order chi connectivity index (χ1) is 6.22. The van der Waals surface area contributed by atoms with Gasteiger partial charge in [-0.05, 0) is 26.0 Å². The second kappa shape index (κ2) is 3.14. The molecule has 2 nitrogen and oxygen atoms in total. The Balaban J connectivity index is 2.82. The van der Waals surface area contributed by atoms with Gasteiger partial charge in [0, 0.05) is 28.5 Å². The van der Waals surface area contributed by atoms with Gasteiger partial charge in [0.25, 0.3) is 0 Å². The Labute approximate surface area is 85.7 Å². The minimum atomic E-state index is 0.861. The van der Waals surface area contributed by atoms with Crippen molar-refractivity contribution < 1.29 is 0 Å². The largest absolute Gasteiger partial charge is 0.306 e. The van der Waals surface area contributed by atoms with Crippen LogP contribution in [0.3, 0.4) is 0 Å². The van der Waals surface area contributed by atoms with Crippen LogP contribution in [-0.4, -0.2) is 9.38 Å². The highest BCUT2D eigenvalue weighted by Crippen LogP contribution is 2.16. The average molecular weight is 239 g/mol. The molecule has 0 saturated heterocycles. The molecule has 0 aliphatic heterocycles. The molecule has 2 rings (SSSR count). The smallest absolute Gasteiger partial charge is 0.141 e. The molecule has 0 aliphatic rings. The van der Waals surface area contributed by atoms with Gasteiger partial charge in [0.05, 0.1) is 0 Å². The molecule has 2 aromatic rings. The molecule has 2 aromatic heterocycles. The lowest BCUT2D eigenvalue weighted by Crippen LogP contribution is -1.95. The van der Waals surface area contributed by atoms with Gasteiger partial charge >= 0.3 is 0 Å². The quantitative estimate of drug-likeness (QED) is 0.699. The van der Waals surface area contributed by atoms with E-state index in [1.165, 1.54) is 11.3 Å². The van der Waals surface area contributed by atoms with Gasteiger partial charge in [-0.3, -0.25) is 0 Å². The fraction of sp³-hybridized carbons (Fsp3) is 0.300. The highest BCUT2D eigenvalue weighted by molar-refractivity contribution is 9.08. The van der Waals surface area contributed by atoms with Gasteiger partial charge in [0.1, 0.15) is 5.65 Å². The fourth-order valence-electron chi connectivity index (χ4n) is 1.55. The summed E-state index contributed by atoms with van der Waals surface area (Å²) in [6.45, 7) is 4.12. The van der Waals surface area contributed by atoms with Crippen molar-refractivity contribution in [1.29, 1.82) is 0 Å². The molecule has 0 spiro atoms. The molecule has 3 heteroatoms. The predicted molar refractivity (Wildman–Crippen MR) is 57.3 cm³/mol. The molecule has 0 N–H and O–H groups in total. The second-order valence-corrected chi connectivity index (χ2v) is 3.77. The zero-order valence-corrected chi connectivity index (χ0v) is 9.30. The molecule has 0 bridgehead atoms. The monoisotopic (exact) mass is 238 g/mol. The first-order valence-corrected chi connectivity index (χ1v) is 5.34. The Morgan fingerprint density at radius 1 is 1.46 bits per heavy atom. The Morgan fingerprint density at radius 3 is 2.92 bits per heavy atom. The molecular formula is C10H11BrN2. The number of halogens is 1. The number of alkyl halides is 1. The van der Waals surface area contributed by atoms with Crippen molar-refractivity contribution >= 4 is 21.6 Å². The van der Waals surface area contributed by atoms with Crippen LogP contribution in [0.1, 0.15) is 17.0 Å². The van der Waals surface area contributed by atoms with E-state index in [1.807, 2.05) is 6.92 Å². The number of fused-ring (bicyclic) bond motifs is 1. The van der Waals surface area contributed by atoms with E-state index in [2.05, 4.69) is 50.6 Å². The Bertz CT molecular complexity index is 445. The average Bonchev–Trinajstić information content (AvgIpc) is 2.47. The number of hydrogen-bond acceptors (Lipinski definition) is 1. The number of nitrogens with zero attached hydrogens (tertiary/aromatic N) is 2. The van der Waals surface area contributed by atoms with Crippen molar-refractivity contribution in [3.05, 3.63) is 35.3 Å². The van der Waals surface area contributed by atoms with Crippen molar-refractivity contribution in [2.75, 3.05) is 0 Å². The maximum Gasteiger partial charge on any atom is 0.141 e. The third-order valence-electron chi connectivity index (χ3n) is 2.16. The van der Waals surface area contributed by atoms with Crippen LogP contribution in [0.5, 0.6) is 0 Å². The van der Waals surface area contributed by atoms with Crippen LogP contribution >= 0.6 is 15.9 Å². The summed E-state index contributed by atoms with van der Waals surface area (Å²) in [4.78, 5) is 4.50. The molecule has 0 aromatic carbocycles. The lowest BCUT2D eigenvalue weighted by molar-refractivity contribution is 1.02. The Morgan fingerprint density at radius 2 is 2.23 bits per heavy atom. The van der Waals surface area contributed by atoms with Gasteiger partial charge in [-0.15, -0.1) is 0 Å². The van der Waals surface area contributed by atoms with Crippen LogP contribution in [0.2, 0.25) is 0 Å². The molecule has 13 heavy (non-hydrogen) atoms. The lowest BCUT2D eigenvalue weighted by atomic mass is 10.3. The Hall–Kier alpha value is -0.830. The van der Waals surface area contributed by atoms with E-state index in [-0.39, 0.29) is 0 Å². The van der Waals surface area contributed by atoms with Crippen LogP contribution in [0.4, 0.5) is 0 Å². The number of rotatable bonds is 1. The summed E-state index contributed by atoms with van der Waals surface area (Å²) >= 11 is 3.45. The second-order valence-electron chi connectivity index (χ2n) is 3.21. The van der Waals surface area contributed by atoms with E-state index in [0.717, 1.165) is 16.7 Å². The van der Waals surface area contributed by atoms with Gasteiger partial charge in [0.15, 0.2) is 0 Å². The van der Waals surface area contributed by atoms with Gasteiger partial charge in [0.2, 0.25) is 0 Å². The number of aryl methyl sites for hydroxylation is 2.